The van der Waals surface area contributed by atoms with Gasteiger partial charge in [-0.15, -0.1) is 11.6 Å². The molecule has 0 spiro atoms. The number of hydrogen-bond donors (Lipinski definition) is 0. The molecule has 0 aliphatic rings. The Morgan fingerprint density at radius 2 is 1.88 bits per heavy atom. The smallest absolute Gasteiger partial charge is 0.332 e. The summed E-state index contributed by atoms with van der Waals surface area (Å²) in [6.07, 6.45) is -0.789. The van der Waals surface area contributed by atoms with Crippen LogP contribution >= 0.6 is 11.6 Å². The first-order valence-corrected chi connectivity index (χ1v) is 5.68. The third kappa shape index (κ3) is 4.77. The molecule has 3 nitrogen and oxygen atoms in total. The second kappa shape index (κ2) is 6.05. The van der Waals surface area contributed by atoms with Crippen LogP contribution in [-0.2, 0) is 5.88 Å². The van der Waals surface area contributed by atoms with Crippen molar-refractivity contribution in [3.8, 4) is 0 Å². The van der Waals surface area contributed by atoms with Gasteiger partial charge < -0.3 is 4.90 Å². The maximum atomic E-state index is 12.3. The Morgan fingerprint density at radius 3 is 2.29 bits per heavy atom. The predicted octanol–water partition coefficient (Wildman–Crippen LogP) is 2.99. The van der Waals surface area contributed by atoms with Crippen LogP contribution < -0.4 is 4.90 Å². The molecule has 0 unspecified atom stereocenters. The van der Waals surface area contributed by atoms with Crippen molar-refractivity contribution >= 4 is 17.5 Å². The summed E-state index contributed by atoms with van der Waals surface area (Å²) in [5, 5.41) is 0. The number of nitrogens with zero attached hydrogens (tertiary/aromatic N) is 3. The van der Waals surface area contributed by atoms with Gasteiger partial charge in [-0.25, -0.2) is 9.97 Å². The maximum Gasteiger partial charge on any atom is 0.406 e. The van der Waals surface area contributed by atoms with Gasteiger partial charge in [0.15, 0.2) is 0 Å². The second-order valence-electron chi connectivity index (χ2n) is 3.56. The molecule has 7 heteroatoms. The molecule has 96 valence electrons. The lowest BCUT2D eigenvalue weighted by molar-refractivity contribution is -0.119. The molecule has 0 saturated carbocycles. The van der Waals surface area contributed by atoms with Crippen LogP contribution in [0.15, 0.2) is 12.4 Å². The fourth-order valence-corrected chi connectivity index (χ4v) is 1.45. The van der Waals surface area contributed by atoms with Gasteiger partial charge in [0, 0.05) is 24.5 Å². The van der Waals surface area contributed by atoms with Crippen molar-refractivity contribution in [1.82, 2.24) is 9.97 Å². The minimum Gasteiger partial charge on any atom is -0.332 e. The molecule has 0 atom stereocenters. The summed E-state index contributed by atoms with van der Waals surface area (Å²) in [5.74, 6) is 0.325. The van der Waals surface area contributed by atoms with E-state index in [2.05, 4.69) is 9.97 Å². The van der Waals surface area contributed by atoms with Gasteiger partial charge in [0.25, 0.3) is 0 Å². The summed E-state index contributed by atoms with van der Waals surface area (Å²) in [4.78, 5) is 8.88. The second-order valence-corrected chi connectivity index (χ2v) is 3.83. The molecule has 0 amide bonds. The van der Waals surface area contributed by atoms with Gasteiger partial charge in [0.05, 0.1) is 5.88 Å². The van der Waals surface area contributed by atoms with Crippen molar-refractivity contribution in [1.29, 1.82) is 0 Å². The SMILES string of the molecule is CCCN(CC(F)(F)F)c1ncc(CCl)cn1. The van der Waals surface area contributed by atoms with E-state index in [0.29, 0.717) is 12.0 Å². The molecular weight excluding hydrogens is 255 g/mol. The fourth-order valence-electron chi connectivity index (χ4n) is 1.32. The Bertz CT molecular complexity index is 340. The first-order chi connectivity index (χ1) is 7.96. The third-order valence-corrected chi connectivity index (χ3v) is 2.30. The van der Waals surface area contributed by atoms with E-state index in [-0.39, 0.29) is 18.4 Å². The molecule has 0 aliphatic heterocycles. The fraction of sp³-hybridized carbons (Fsp3) is 0.600. The standard InChI is InChI=1S/C10H13ClF3N3/c1-2-3-17(7-10(12,13)14)9-15-5-8(4-11)6-16-9/h5-6H,2-4,7H2,1H3. The van der Waals surface area contributed by atoms with E-state index < -0.39 is 12.7 Å². The van der Waals surface area contributed by atoms with Crippen LogP contribution in [-0.4, -0.2) is 29.2 Å². The van der Waals surface area contributed by atoms with Gasteiger partial charge in [0.1, 0.15) is 6.54 Å². The van der Waals surface area contributed by atoms with Crippen molar-refractivity contribution in [2.24, 2.45) is 0 Å². The highest BCUT2D eigenvalue weighted by atomic mass is 35.5. The molecule has 0 fully saturated rings. The Morgan fingerprint density at radius 1 is 1.29 bits per heavy atom. The molecule has 1 aromatic rings. The molecule has 1 rings (SSSR count). The Labute approximate surface area is 103 Å². The topological polar surface area (TPSA) is 29.0 Å². The minimum absolute atomic E-state index is 0.0815. The molecule has 1 heterocycles. The number of aromatic nitrogens is 2. The predicted molar refractivity (Wildman–Crippen MR) is 60.1 cm³/mol. The largest absolute Gasteiger partial charge is 0.406 e. The zero-order chi connectivity index (χ0) is 12.9. The first-order valence-electron chi connectivity index (χ1n) is 5.15. The molecule has 0 aromatic carbocycles. The molecule has 0 radical (unpaired) electrons. The van der Waals surface area contributed by atoms with Crippen molar-refractivity contribution in [2.75, 3.05) is 18.0 Å². The Balaban J connectivity index is 2.81. The molecule has 0 saturated heterocycles. The van der Waals surface area contributed by atoms with Crippen LogP contribution in [0.25, 0.3) is 0 Å². The first kappa shape index (κ1) is 14.0. The van der Waals surface area contributed by atoms with Gasteiger partial charge in [0.2, 0.25) is 5.95 Å². The highest BCUT2D eigenvalue weighted by molar-refractivity contribution is 6.17. The van der Waals surface area contributed by atoms with Gasteiger partial charge in [-0.05, 0) is 6.42 Å². The lowest BCUT2D eigenvalue weighted by Crippen LogP contribution is -2.36. The number of rotatable bonds is 5. The van der Waals surface area contributed by atoms with Crippen LogP contribution in [0.4, 0.5) is 19.1 Å². The maximum absolute atomic E-state index is 12.3. The van der Waals surface area contributed by atoms with E-state index in [0.717, 1.165) is 4.90 Å². The highest BCUT2D eigenvalue weighted by Crippen LogP contribution is 2.19. The number of alkyl halides is 4. The lowest BCUT2D eigenvalue weighted by atomic mass is 10.4. The number of halogens is 4. The summed E-state index contributed by atoms with van der Waals surface area (Å²) < 4.78 is 37.0. The van der Waals surface area contributed by atoms with E-state index in [1.54, 1.807) is 6.92 Å². The van der Waals surface area contributed by atoms with Crippen LogP contribution in [0.5, 0.6) is 0 Å². The molecule has 0 bridgehead atoms. The normalized spacial score (nSPS) is 11.6. The van der Waals surface area contributed by atoms with Crippen molar-refractivity contribution in [3.63, 3.8) is 0 Å². The summed E-state index contributed by atoms with van der Waals surface area (Å²) in [6, 6.07) is 0. The average molecular weight is 268 g/mol. The zero-order valence-electron chi connectivity index (χ0n) is 9.34. The summed E-state index contributed by atoms with van der Waals surface area (Å²) >= 11 is 5.55. The van der Waals surface area contributed by atoms with Crippen LogP contribution in [0.2, 0.25) is 0 Å². The minimum atomic E-state index is -4.26. The summed E-state index contributed by atoms with van der Waals surface area (Å²) in [5.41, 5.74) is 0.680. The molecule has 0 N–H and O–H groups in total. The van der Waals surface area contributed by atoms with E-state index in [9.17, 15) is 13.2 Å². The quantitative estimate of drug-likeness (QED) is 0.768. The van der Waals surface area contributed by atoms with E-state index in [1.165, 1.54) is 12.4 Å². The van der Waals surface area contributed by atoms with Gasteiger partial charge in [-0.3, -0.25) is 0 Å². The van der Waals surface area contributed by atoms with Crippen molar-refractivity contribution in [2.45, 2.75) is 25.4 Å². The molecular formula is C10H13ClF3N3. The lowest BCUT2D eigenvalue weighted by Gasteiger charge is -2.23. The summed E-state index contributed by atoms with van der Waals surface area (Å²) in [7, 11) is 0. The molecule has 17 heavy (non-hydrogen) atoms. The van der Waals surface area contributed by atoms with E-state index in [1.807, 2.05) is 0 Å². The van der Waals surface area contributed by atoms with Crippen LogP contribution in [0.3, 0.4) is 0 Å². The summed E-state index contributed by atoms with van der Waals surface area (Å²) in [6.45, 7) is 1.03. The average Bonchev–Trinajstić information content (AvgIpc) is 2.27. The Kier molecular flexibility index (Phi) is 4.99. The van der Waals surface area contributed by atoms with Crippen molar-refractivity contribution < 1.29 is 13.2 Å². The van der Waals surface area contributed by atoms with Crippen LogP contribution in [0.1, 0.15) is 18.9 Å². The monoisotopic (exact) mass is 267 g/mol. The number of hydrogen-bond acceptors (Lipinski definition) is 3. The van der Waals surface area contributed by atoms with Gasteiger partial charge in [-0.1, -0.05) is 6.92 Å². The van der Waals surface area contributed by atoms with Crippen LogP contribution in [0, 0.1) is 0 Å². The zero-order valence-corrected chi connectivity index (χ0v) is 10.1. The van der Waals surface area contributed by atoms with Crippen molar-refractivity contribution in [3.05, 3.63) is 18.0 Å². The Hall–Kier alpha value is -1.04. The van der Waals surface area contributed by atoms with Gasteiger partial charge >= 0.3 is 6.18 Å². The third-order valence-electron chi connectivity index (χ3n) is 1.99. The van der Waals surface area contributed by atoms with E-state index >= 15 is 0 Å². The number of anilines is 1. The highest BCUT2D eigenvalue weighted by Gasteiger charge is 2.31. The van der Waals surface area contributed by atoms with Gasteiger partial charge in [-0.2, -0.15) is 13.2 Å². The molecule has 1 aromatic heterocycles. The molecule has 0 aliphatic carbocycles. The van der Waals surface area contributed by atoms with E-state index in [4.69, 9.17) is 11.6 Å².